The Labute approximate surface area is 141 Å². The van der Waals surface area contributed by atoms with Crippen LogP contribution in [0.2, 0.25) is 0 Å². The number of allylic oxidation sites excluding steroid dienone is 3. The van der Waals surface area contributed by atoms with Gasteiger partial charge in [-0.25, -0.2) is 8.96 Å². The lowest BCUT2D eigenvalue weighted by molar-refractivity contribution is -0.116. The van der Waals surface area contributed by atoms with Gasteiger partial charge in [0.2, 0.25) is 6.29 Å². The number of ether oxygens (including phenoxy) is 1. The smallest absolute Gasteiger partial charge is 0.394 e. The van der Waals surface area contributed by atoms with Crippen LogP contribution in [0.1, 0.15) is 33.6 Å². The van der Waals surface area contributed by atoms with E-state index in [9.17, 15) is 19.0 Å². The Balaban J connectivity index is 2.44. The second-order valence-electron chi connectivity index (χ2n) is 5.90. The summed E-state index contributed by atoms with van der Waals surface area (Å²) < 4.78 is 39.7. The van der Waals surface area contributed by atoms with Gasteiger partial charge >= 0.3 is 7.82 Å². The molecule has 1 unspecified atom stereocenters. The van der Waals surface area contributed by atoms with Gasteiger partial charge in [0, 0.05) is 0 Å². The molecule has 24 heavy (non-hydrogen) atoms. The van der Waals surface area contributed by atoms with Crippen LogP contribution in [0.4, 0.5) is 4.39 Å². The van der Waals surface area contributed by atoms with Gasteiger partial charge in [-0.15, -0.1) is 0 Å². The first-order valence-corrected chi connectivity index (χ1v) is 9.19. The second kappa shape index (κ2) is 9.77. The molecule has 1 heterocycles. The fourth-order valence-electron chi connectivity index (χ4n) is 2.05. The molecule has 0 aliphatic carbocycles. The van der Waals surface area contributed by atoms with E-state index in [2.05, 4.69) is 10.6 Å². The number of aliphatic hydroxyl groups excluding tert-OH is 2. The van der Waals surface area contributed by atoms with Crippen molar-refractivity contribution in [3.63, 3.8) is 0 Å². The number of alkyl halides is 1. The third-order valence-corrected chi connectivity index (χ3v) is 4.40. The first-order chi connectivity index (χ1) is 11.2. The van der Waals surface area contributed by atoms with Gasteiger partial charge in [0.25, 0.3) is 0 Å². The quantitative estimate of drug-likeness (QED) is 0.423. The molecule has 9 heteroatoms. The van der Waals surface area contributed by atoms with E-state index < -0.39 is 39.1 Å². The van der Waals surface area contributed by atoms with E-state index in [-0.39, 0.29) is 6.61 Å². The summed E-state index contributed by atoms with van der Waals surface area (Å²) in [5.41, 5.74) is 2.19. The highest BCUT2D eigenvalue weighted by atomic mass is 31.2. The van der Waals surface area contributed by atoms with Crippen molar-refractivity contribution in [2.24, 2.45) is 0 Å². The Morgan fingerprint density at radius 1 is 1.33 bits per heavy atom. The summed E-state index contributed by atoms with van der Waals surface area (Å²) in [5, 5.41) is 18.3. The third kappa shape index (κ3) is 7.11. The van der Waals surface area contributed by atoms with Crippen molar-refractivity contribution in [1.29, 1.82) is 0 Å². The van der Waals surface area contributed by atoms with Crippen molar-refractivity contribution in [1.82, 2.24) is 0 Å². The molecule has 1 fully saturated rings. The van der Waals surface area contributed by atoms with Gasteiger partial charge in [-0.3, -0.25) is 9.05 Å². The van der Waals surface area contributed by atoms with Crippen molar-refractivity contribution in [3.05, 3.63) is 23.3 Å². The summed E-state index contributed by atoms with van der Waals surface area (Å²) in [4.78, 5) is 9.58. The highest BCUT2D eigenvalue weighted by Crippen LogP contribution is 2.47. The molecule has 0 bridgehead atoms. The summed E-state index contributed by atoms with van der Waals surface area (Å²) in [6, 6.07) is 0. The molecule has 1 saturated heterocycles. The summed E-state index contributed by atoms with van der Waals surface area (Å²) in [6.45, 7) is 5.06. The lowest BCUT2D eigenvalue weighted by Crippen LogP contribution is -2.31. The number of phosphoric ester groups is 1. The maximum atomic E-state index is 13.7. The summed E-state index contributed by atoms with van der Waals surface area (Å²) in [6.07, 6.45) is -1.28. The highest BCUT2D eigenvalue weighted by Gasteiger charge is 2.47. The SMILES string of the molecule is CC(C)=CCC/C(C)=C\COP(=O)(O)O[C@@H]1O[C@H](CO)[C@@H](O)[C@@H]1F. The van der Waals surface area contributed by atoms with E-state index in [1.54, 1.807) is 6.08 Å². The van der Waals surface area contributed by atoms with Crippen molar-refractivity contribution in [3.8, 4) is 0 Å². The minimum absolute atomic E-state index is 0.177. The minimum atomic E-state index is -4.55. The van der Waals surface area contributed by atoms with Crippen molar-refractivity contribution < 1.29 is 37.8 Å². The van der Waals surface area contributed by atoms with E-state index in [1.807, 2.05) is 20.8 Å². The lowest BCUT2D eigenvalue weighted by Gasteiger charge is -2.17. The van der Waals surface area contributed by atoms with Crippen LogP contribution in [0.5, 0.6) is 0 Å². The molecule has 0 aromatic rings. The van der Waals surface area contributed by atoms with E-state index in [4.69, 9.17) is 14.4 Å². The lowest BCUT2D eigenvalue weighted by atomic mass is 10.1. The Bertz CT molecular complexity index is 504. The molecule has 1 aliphatic heterocycles. The number of hydrogen-bond donors (Lipinski definition) is 3. The van der Waals surface area contributed by atoms with Gasteiger partial charge in [0.15, 0.2) is 6.17 Å². The van der Waals surface area contributed by atoms with E-state index in [0.717, 1.165) is 18.4 Å². The van der Waals surface area contributed by atoms with Crippen LogP contribution in [0, 0.1) is 0 Å². The fraction of sp³-hybridized carbons (Fsp3) is 0.733. The highest BCUT2D eigenvalue weighted by molar-refractivity contribution is 7.47. The van der Waals surface area contributed by atoms with Gasteiger partial charge in [0.05, 0.1) is 13.2 Å². The minimum Gasteiger partial charge on any atom is -0.394 e. The van der Waals surface area contributed by atoms with Gasteiger partial charge in [-0.2, -0.15) is 0 Å². The summed E-state index contributed by atoms with van der Waals surface area (Å²) in [7, 11) is -4.55. The number of phosphoric acid groups is 1. The summed E-state index contributed by atoms with van der Waals surface area (Å²) in [5.74, 6) is 0. The van der Waals surface area contributed by atoms with Gasteiger partial charge in [-0.1, -0.05) is 23.3 Å². The first-order valence-electron chi connectivity index (χ1n) is 7.69. The fourth-order valence-corrected chi connectivity index (χ4v) is 2.81. The maximum absolute atomic E-state index is 13.7. The van der Waals surface area contributed by atoms with Crippen LogP contribution in [-0.2, 0) is 18.3 Å². The van der Waals surface area contributed by atoms with Crippen LogP contribution in [-0.4, -0.2) is 53.0 Å². The Morgan fingerprint density at radius 3 is 2.54 bits per heavy atom. The van der Waals surface area contributed by atoms with Crippen LogP contribution < -0.4 is 0 Å². The molecule has 7 nitrogen and oxygen atoms in total. The van der Waals surface area contributed by atoms with Crippen LogP contribution in [0.25, 0.3) is 0 Å². The molecular weight excluding hydrogens is 342 g/mol. The van der Waals surface area contributed by atoms with Crippen LogP contribution >= 0.6 is 7.82 Å². The van der Waals surface area contributed by atoms with Crippen molar-refractivity contribution in [2.75, 3.05) is 13.2 Å². The molecular formula is C15H26FO7P. The largest absolute Gasteiger partial charge is 0.474 e. The predicted octanol–water partition coefficient (Wildman–Crippen LogP) is 2.23. The molecule has 0 saturated carbocycles. The number of rotatable bonds is 9. The average molecular weight is 368 g/mol. The van der Waals surface area contributed by atoms with Crippen molar-refractivity contribution >= 4 is 7.82 Å². The molecule has 0 amide bonds. The molecule has 0 aromatic carbocycles. The molecule has 1 rings (SSSR count). The second-order valence-corrected chi connectivity index (χ2v) is 7.31. The molecule has 3 N–H and O–H groups in total. The maximum Gasteiger partial charge on any atom is 0.474 e. The van der Waals surface area contributed by atoms with E-state index in [1.165, 1.54) is 5.57 Å². The molecule has 1 aliphatic rings. The Hall–Kier alpha value is -0.600. The third-order valence-electron chi connectivity index (χ3n) is 3.45. The zero-order valence-electron chi connectivity index (χ0n) is 14.1. The molecule has 0 radical (unpaired) electrons. The van der Waals surface area contributed by atoms with Gasteiger partial charge in [0.1, 0.15) is 12.2 Å². The van der Waals surface area contributed by atoms with E-state index in [0.29, 0.717) is 0 Å². The standard InChI is InChI=1S/C15H26FO7P/c1-10(2)5-4-6-11(3)7-8-21-24(19,20)23-15-13(16)14(18)12(9-17)22-15/h5,7,12-15,17-18H,4,6,8-9H2,1-3H3,(H,19,20)/b11-7-/t12-,13+,14-,15+/m1/s1. The zero-order valence-corrected chi connectivity index (χ0v) is 15.0. The molecule has 5 atom stereocenters. The zero-order chi connectivity index (χ0) is 18.3. The van der Waals surface area contributed by atoms with Crippen LogP contribution in [0.15, 0.2) is 23.3 Å². The van der Waals surface area contributed by atoms with E-state index >= 15 is 0 Å². The Kier molecular flexibility index (Phi) is 8.73. The van der Waals surface area contributed by atoms with Crippen LogP contribution in [0.3, 0.4) is 0 Å². The monoisotopic (exact) mass is 368 g/mol. The van der Waals surface area contributed by atoms with Crippen molar-refractivity contribution in [2.45, 2.75) is 58.3 Å². The summed E-state index contributed by atoms with van der Waals surface area (Å²) >= 11 is 0. The number of halogens is 1. The molecule has 0 aromatic heterocycles. The first kappa shape index (κ1) is 21.4. The molecule has 140 valence electrons. The molecule has 0 spiro atoms. The van der Waals surface area contributed by atoms with Gasteiger partial charge in [-0.05, 0) is 33.6 Å². The normalized spacial score (nSPS) is 30.2. The number of aliphatic hydroxyl groups is 2. The Morgan fingerprint density at radius 2 is 2.00 bits per heavy atom. The predicted molar refractivity (Wildman–Crippen MR) is 85.9 cm³/mol. The number of hydrogen-bond acceptors (Lipinski definition) is 6. The topological polar surface area (TPSA) is 105 Å². The van der Waals surface area contributed by atoms with Gasteiger partial charge < -0.3 is 19.8 Å². The average Bonchev–Trinajstić information content (AvgIpc) is 2.74.